The summed E-state index contributed by atoms with van der Waals surface area (Å²) in [6, 6.07) is 10.2. The van der Waals surface area contributed by atoms with Gasteiger partial charge in [0, 0.05) is 11.6 Å². The predicted molar refractivity (Wildman–Crippen MR) is 84.0 cm³/mol. The number of carbonyl (C=O) groups is 1. The van der Waals surface area contributed by atoms with Crippen LogP contribution in [0.1, 0.15) is 56.8 Å². The average molecular weight is 273 g/mol. The van der Waals surface area contributed by atoms with Gasteiger partial charge in [-0.1, -0.05) is 44.2 Å². The molecule has 0 saturated heterocycles. The maximum atomic E-state index is 12.5. The third-order valence-corrected chi connectivity index (χ3v) is 4.93. The molecule has 0 spiro atoms. The Balaban J connectivity index is 1.99. The van der Waals surface area contributed by atoms with Crippen LogP contribution in [0, 0.1) is 5.41 Å². The molecule has 1 atom stereocenters. The highest BCUT2D eigenvalue weighted by atomic mass is 16.1. The van der Waals surface area contributed by atoms with Crippen molar-refractivity contribution in [3.63, 3.8) is 0 Å². The largest absolute Gasteiger partial charge is 0.294 e. The van der Waals surface area contributed by atoms with Gasteiger partial charge in [0.25, 0.3) is 0 Å². The lowest BCUT2D eigenvalue weighted by molar-refractivity contribution is 0.0700. The van der Waals surface area contributed by atoms with E-state index in [1.54, 1.807) is 0 Å². The van der Waals surface area contributed by atoms with Gasteiger partial charge in [-0.15, -0.1) is 0 Å². The van der Waals surface area contributed by atoms with Gasteiger partial charge >= 0.3 is 0 Å². The van der Waals surface area contributed by atoms with Crippen LogP contribution in [0.2, 0.25) is 0 Å². The summed E-state index contributed by atoms with van der Waals surface area (Å²) in [4.78, 5) is 14.8. The fraction of sp³-hybridized carbons (Fsp3) is 0.611. The molecule has 2 heteroatoms. The zero-order valence-electron chi connectivity index (χ0n) is 13.2. The van der Waals surface area contributed by atoms with Crippen LogP contribution in [0.15, 0.2) is 30.3 Å². The zero-order chi connectivity index (χ0) is 14.8. The molecule has 2 rings (SSSR count). The van der Waals surface area contributed by atoms with Crippen LogP contribution in [0.3, 0.4) is 0 Å². The number of rotatable bonds is 4. The first-order valence-corrected chi connectivity index (χ1v) is 7.72. The second kappa shape index (κ2) is 6.09. The van der Waals surface area contributed by atoms with Gasteiger partial charge in [-0.2, -0.15) is 0 Å². The van der Waals surface area contributed by atoms with Gasteiger partial charge in [0.1, 0.15) is 0 Å². The molecule has 1 aliphatic rings. The zero-order valence-corrected chi connectivity index (χ0v) is 13.2. The summed E-state index contributed by atoms with van der Waals surface area (Å²) in [6.45, 7) is 6.73. The summed E-state index contributed by atoms with van der Waals surface area (Å²) >= 11 is 0. The topological polar surface area (TPSA) is 20.3 Å². The molecule has 0 N–H and O–H groups in total. The highest BCUT2D eigenvalue weighted by Crippen LogP contribution is 2.37. The molecule has 0 bridgehead atoms. The quantitative estimate of drug-likeness (QED) is 0.768. The van der Waals surface area contributed by atoms with Crippen molar-refractivity contribution >= 4 is 5.78 Å². The summed E-state index contributed by atoms with van der Waals surface area (Å²) in [5.74, 6) is 0.234. The number of carbonyl (C=O) groups excluding carboxylic acids is 1. The van der Waals surface area contributed by atoms with Crippen LogP contribution in [-0.2, 0) is 0 Å². The van der Waals surface area contributed by atoms with E-state index >= 15 is 0 Å². The summed E-state index contributed by atoms with van der Waals surface area (Å²) < 4.78 is 0. The van der Waals surface area contributed by atoms with Gasteiger partial charge < -0.3 is 0 Å². The minimum atomic E-state index is -0.0383. The van der Waals surface area contributed by atoms with Gasteiger partial charge in [-0.05, 0) is 45.1 Å². The van der Waals surface area contributed by atoms with Crippen LogP contribution in [0.4, 0.5) is 0 Å². The van der Waals surface area contributed by atoms with Crippen molar-refractivity contribution in [1.29, 1.82) is 0 Å². The maximum Gasteiger partial charge on any atom is 0.179 e. The predicted octanol–water partition coefficient (Wildman–Crippen LogP) is 4.16. The number of benzene rings is 1. The van der Waals surface area contributed by atoms with E-state index in [4.69, 9.17) is 0 Å². The van der Waals surface area contributed by atoms with Crippen molar-refractivity contribution in [2.45, 2.75) is 58.5 Å². The number of nitrogens with zero attached hydrogens (tertiary/aromatic N) is 1. The van der Waals surface area contributed by atoms with Crippen LogP contribution >= 0.6 is 0 Å². The number of likely N-dealkylation sites (N-methyl/N-ethyl adjacent to an activating group) is 1. The molecule has 2 nitrogen and oxygen atoms in total. The molecular formula is C18H27NO. The average Bonchev–Trinajstić information content (AvgIpc) is 2.46. The standard InChI is InChI=1S/C18H27NO/c1-14(17(20)15-8-6-5-7-9-15)19(4)16-10-12-18(2,3)13-11-16/h5-9,14,16H,10-13H2,1-4H3. The molecule has 0 aromatic heterocycles. The van der Waals surface area contributed by atoms with Crippen molar-refractivity contribution in [3.8, 4) is 0 Å². The molecule has 1 aliphatic carbocycles. The van der Waals surface area contributed by atoms with E-state index in [1.165, 1.54) is 25.7 Å². The molecule has 20 heavy (non-hydrogen) atoms. The van der Waals surface area contributed by atoms with Crippen molar-refractivity contribution in [2.75, 3.05) is 7.05 Å². The van der Waals surface area contributed by atoms with Crippen LogP contribution < -0.4 is 0 Å². The third kappa shape index (κ3) is 3.49. The van der Waals surface area contributed by atoms with Crippen molar-refractivity contribution in [3.05, 3.63) is 35.9 Å². The number of hydrogen-bond donors (Lipinski definition) is 0. The fourth-order valence-corrected chi connectivity index (χ4v) is 3.14. The van der Waals surface area contributed by atoms with Gasteiger partial charge in [-0.3, -0.25) is 9.69 Å². The van der Waals surface area contributed by atoms with Crippen molar-refractivity contribution in [2.24, 2.45) is 5.41 Å². The summed E-state index contributed by atoms with van der Waals surface area (Å²) in [6.07, 6.45) is 4.92. The van der Waals surface area contributed by atoms with Gasteiger partial charge in [0.15, 0.2) is 5.78 Å². The van der Waals surface area contributed by atoms with E-state index in [-0.39, 0.29) is 11.8 Å². The maximum absolute atomic E-state index is 12.5. The first-order chi connectivity index (χ1) is 9.41. The molecule has 1 aromatic rings. The SMILES string of the molecule is CC(C(=O)c1ccccc1)N(C)C1CCC(C)(C)CC1. The van der Waals surface area contributed by atoms with E-state index in [9.17, 15) is 4.79 Å². The highest BCUT2D eigenvalue weighted by Gasteiger charge is 2.32. The Morgan fingerprint density at radius 3 is 2.30 bits per heavy atom. The first kappa shape index (κ1) is 15.2. The van der Waals surface area contributed by atoms with Crippen molar-refractivity contribution in [1.82, 2.24) is 4.90 Å². The molecule has 1 saturated carbocycles. The summed E-state index contributed by atoms with van der Waals surface area (Å²) in [7, 11) is 2.11. The van der Waals surface area contributed by atoms with Gasteiger partial charge in [0.2, 0.25) is 0 Å². The number of ketones is 1. The van der Waals surface area contributed by atoms with E-state index in [1.807, 2.05) is 37.3 Å². The van der Waals surface area contributed by atoms with E-state index < -0.39 is 0 Å². The molecule has 1 fully saturated rings. The van der Waals surface area contributed by atoms with Gasteiger partial charge in [-0.25, -0.2) is 0 Å². The lowest BCUT2D eigenvalue weighted by Gasteiger charge is -2.40. The Labute approximate surface area is 123 Å². The molecule has 0 amide bonds. The van der Waals surface area contributed by atoms with Crippen LogP contribution in [0.5, 0.6) is 0 Å². The monoisotopic (exact) mass is 273 g/mol. The molecule has 1 unspecified atom stereocenters. The van der Waals surface area contributed by atoms with E-state index in [0.717, 1.165) is 5.56 Å². The Kier molecular flexibility index (Phi) is 4.64. The minimum Gasteiger partial charge on any atom is -0.294 e. The van der Waals surface area contributed by atoms with E-state index in [0.29, 0.717) is 11.5 Å². The Morgan fingerprint density at radius 1 is 1.20 bits per heavy atom. The van der Waals surface area contributed by atoms with Crippen molar-refractivity contribution < 1.29 is 4.79 Å². The first-order valence-electron chi connectivity index (χ1n) is 7.72. The molecule has 110 valence electrons. The molecule has 0 heterocycles. The highest BCUT2D eigenvalue weighted by molar-refractivity contribution is 5.99. The third-order valence-electron chi connectivity index (χ3n) is 4.93. The normalized spacial score (nSPS) is 20.9. The molecular weight excluding hydrogens is 246 g/mol. The van der Waals surface area contributed by atoms with Crippen LogP contribution in [-0.4, -0.2) is 29.8 Å². The van der Waals surface area contributed by atoms with Gasteiger partial charge in [0.05, 0.1) is 6.04 Å². The summed E-state index contributed by atoms with van der Waals surface area (Å²) in [5.41, 5.74) is 1.30. The molecule has 0 aliphatic heterocycles. The Morgan fingerprint density at radius 2 is 1.75 bits per heavy atom. The molecule has 0 radical (unpaired) electrons. The number of Topliss-reactive ketones (excluding diaryl/α,β-unsaturated/α-hetero) is 1. The Bertz CT molecular complexity index is 442. The lowest BCUT2D eigenvalue weighted by Crippen LogP contribution is -2.45. The molecule has 1 aromatic carbocycles. The smallest absolute Gasteiger partial charge is 0.179 e. The minimum absolute atomic E-state index is 0.0383. The fourth-order valence-electron chi connectivity index (χ4n) is 3.14. The second-order valence-corrected chi connectivity index (χ2v) is 6.97. The number of hydrogen-bond acceptors (Lipinski definition) is 2. The lowest BCUT2D eigenvalue weighted by atomic mass is 9.75. The van der Waals surface area contributed by atoms with Crippen LogP contribution in [0.25, 0.3) is 0 Å². The van der Waals surface area contributed by atoms with E-state index in [2.05, 4.69) is 25.8 Å². The Hall–Kier alpha value is -1.15. The second-order valence-electron chi connectivity index (χ2n) is 6.97. The summed E-state index contributed by atoms with van der Waals surface area (Å²) in [5, 5.41) is 0.